The van der Waals surface area contributed by atoms with Gasteiger partial charge in [-0.05, 0) is 68.7 Å². The van der Waals surface area contributed by atoms with Gasteiger partial charge in [0.1, 0.15) is 5.75 Å². The fourth-order valence-electron chi connectivity index (χ4n) is 4.24. The number of hydrogen-bond acceptors (Lipinski definition) is 5. The van der Waals surface area contributed by atoms with Crippen LogP contribution in [0.3, 0.4) is 0 Å². The molecule has 0 bridgehead atoms. The molecule has 2 fully saturated rings. The molecule has 6 nitrogen and oxygen atoms in total. The highest BCUT2D eigenvalue weighted by molar-refractivity contribution is 7.88. The van der Waals surface area contributed by atoms with Crippen LogP contribution < -0.4 is 14.8 Å². The topological polar surface area (TPSA) is 76.7 Å². The lowest BCUT2D eigenvalue weighted by molar-refractivity contribution is 0.00523. The van der Waals surface area contributed by atoms with Gasteiger partial charge in [0.25, 0.3) is 0 Å². The summed E-state index contributed by atoms with van der Waals surface area (Å²) in [6.07, 6.45) is 7.62. The average molecular weight is 397 g/mol. The molecular weight excluding hydrogens is 364 g/mol. The fraction of sp³-hybridized carbons (Fsp3) is 0.700. The predicted octanol–water partition coefficient (Wildman–Crippen LogP) is 2.41. The second kappa shape index (κ2) is 9.37. The van der Waals surface area contributed by atoms with Crippen molar-refractivity contribution in [3.63, 3.8) is 0 Å². The largest absolute Gasteiger partial charge is 0.497 e. The molecular formula is C20H32N2O4S. The quantitative estimate of drug-likeness (QED) is 0.740. The second-order valence-electron chi connectivity index (χ2n) is 7.78. The van der Waals surface area contributed by atoms with Crippen LogP contribution in [0.25, 0.3) is 0 Å². The highest BCUT2D eigenvalue weighted by Gasteiger charge is 2.29. The Morgan fingerprint density at radius 1 is 1.19 bits per heavy atom. The van der Waals surface area contributed by atoms with E-state index in [0.717, 1.165) is 50.8 Å². The van der Waals surface area contributed by atoms with E-state index < -0.39 is 10.0 Å². The summed E-state index contributed by atoms with van der Waals surface area (Å²) in [7, 11) is -1.50. The Kier molecular flexibility index (Phi) is 7.14. The monoisotopic (exact) mass is 396 g/mol. The molecule has 0 unspecified atom stereocenters. The van der Waals surface area contributed by atoms with Gasteiger partial charge in [0.15, 0.2) is 0 Å². The molecule has 152 valence electrons. The highest BCUT2D eigenvalue weighted by atomic mass is 32.2. The standard InChI is InChI=1S/C20H32N2O4S/c1-25-18-6-3-5-16(13-18)15-8-10-17(11-9-15)26-14-20-19(7-4-12-21-20)22-27(2,23)24/h3,5-6,13,15,17,19-22H,4,7-12,14H2,1-2H3/t15?,17?,19-,20-/m0/s1. The van der Waals surface area contributed by atoms with E-state index >= 15 is 0 Å². The SMILES string of the molecule is COc1cccc(C2CCC(OC[C@@H]3NCCC[C@@H]3NS(C)(=O)=O)CC2)c1. The molecule has 0 radical (unpaired) electrons. The smallest absolute Gasteiger partial charge is 0.209 e. The third-order valence-corrected chi connectivity index (χ3v) is 6.43. The van der Waals surface area contributed by atoms with Crippen LogP contribution in [-0.2, 0) is 14.8 Å². The molecule has 1 aromatic rings. The Morgan fingerprint density at radius 2 is 1.96 bits per heavy atom. The Balaban J connectivity index is 1.47. The molecule has 1 aliphatic heterocycles. The van der Waals surface area contributed by atoms with Gasteiger partial charge >= 0.3 is 0 Å². The van der Waals surface area contributed by atoms with Crippen molar-refractivity contribution in [1.82, 2.24) is 10.0 Å². The number of sulfonamides is 1. The number of nitrogens with one attached hydrogen (secondary N) is 2. The van der Waals surface area contributed by atoms with Gasteiger partial charge in [-0.3, -0.25) is 0 Å². The first-order valence-corrected chi connectivity index (χ1v) is 11.8. The summed E-state index contributed by atoms with van der Waals surface area (Å²) in [5, 5.41) is 3.41. The van der Waals surface area contributed by atoms with Gasteiger partial charge in [0, 0.05) is 12.1 Å². The summed E-state index contributed by atoms with van der Waals surface area (Å²) in [5.41, 5.74) is 1.35. The average Bonchev–Trinajstić information content (AvgIpc) is 2.66. The van der Waals surface area contributed by atoms with Crippen molar-refractivity contribution in [3.05, 3.63) is 29.8 Å². The predicted molar refractivity (Wildman–Crippen MR) is 107 cm³/mol. The minimum Gasteiger partial charge on any atom is -0.497 e. The molecule has 1 saturated heterocycles. The van der Waals surface area contributed by atoms with Crippen LogP contribution in [0.4, 0.5) is 0 Å². The Morgan fingerprint density at radius 3 is 2.67 bits per heavy atom. The van der Waals surface area contributed by atoms with E-state index in [-0.39, 0.29) is 18.2 Å². The molecule has 7 heteroatoms. The van der Waals surface area contributed by atoms with Crippen LogP contribution in [0, 0.1) is 0 Å². The fourth-order valence-corrected chi connectivity index (χ4v) is 5.07. The van der Waals surface area contributed by atoms with E-state index in [2.05, 4.69) is 28.2 Å². The molecule has 27 heavy (non-hydrogen) atoms. The van der Waals surface area contributed by atoms with E-state index in [1.807, 2.05) is 6.07 Å². The van der Waals surface area contributed by atoms with Crippen LogP contribution in [0.1, 0.15) is 50.0 Å². The zero-order valence-corrected chi connectivity index (χ0v) is 17.1. The van der Waals surface area contributed by atoms with Gasteiger partial charge in [0.2, 0.25) is 10.0 Å². The maximum Gasteiger partial charge on any atom is 0.209 e. The van der Waals surface area contributed by atoms with Gasteiger partial charge in [-0.15, -0.1) is 0 Å². The molecule has 1 saturated carbocycles. The highest BCUT2D eigenvalue weighted by Crippen LogP contribution is 2.35. The van der Waals surface area contributed by atoms with E-state index in [4.69, 9.17) is 9.47 Å². The lowest BCUT2D eigenvalue weighted by Gasteiger charge is -2.35. The zero-order valence-electron chi connectivity index (χ0n) is 16.3. The van der Waals surface area contributed by atoms with Crippen LogP contribution in [0.2, 0.25) is 0 Å². The molecule has 1 aromatic carbocycles. The second-order valence-corrected chi connectivity index (χ2v) is 9.56. The maximum absolute atomic E-state index is 11.6. The van der Waals surface area contributed by atoms with Gasteiger partial charge < -0.3 is 14.8 Å². The maximum atomic E-state index is 11.6. The molecule has 0 aromatic heterocycles. The van der Waals surface area contributed by atoms with Crippen molar-refractivity contribution in [3.8, 4) is 5.75 Å². The van der Waals surface area contributed by atoms with Crippen molar-refractivity contribution in [1.29, 1.82) is 0 Å². The molecule has 1 aliphatic carbocycles. The number of rotatable bonds is 7. The van der Waals surface area contributed by atoms with E-state index in [1.54, 1.807) is 7.11 Å². The van der Waals surface area contributed by atoms with Crippen molar-refractivity contribution in [2.24, 2.45) is 0 Å². The Bertz CT molecular complexity index is 702. The van der Waals surface area contributed by atoms with Crippen LogP contribution in [-0.4, -0.2) is 53.1 Å². The third kappa shape index (κ3) is 6.17. The molecule has 2 aliphatic rings. The van der Waals surface area contributed by atoms with Gasteiger partial charge in [-0.1, -0.05) is 12.1 Å². The normalized spacial score (nSPS) is 29.4. The molecule has 1 heterocycles. The van der Waals surface area contributed by atoms with E-state index in [0.29, 0.717) is 12.5 Å². The van der Waals surface area contributed by atoms with Crippen molar-refractivity contribution in [2.45, 2.75) is 62.6 Å². The molecule has 2 atom stereocenters. The number of ether oxygens (including phenoxy) is 2. The number of benzene rings is 1. The number of hydrogen-bond donors (Lipinski definition) is 2. The number of piperidine rings is 1. The van der Waals surface area contributed by atoms with Gasteiger partial charge in [-0.25, -0.2) is 13.1 Å². The van der Waals surface area contributed by atoms with E-state index in [1.165, 1.54) is 11.8 Å². The summed E-state index contributed by atoms with van der Waals surface area (Å²) in [6.45, 7) is 1.47. The molecule has 0 spiro atoms. The first kappa shape index (κ1) is 20.6. The van der Waals surface area contributed by atoms with Gasteiger partial charge in [-0.2, -0.15) is 0 Å². The minimum absolute atomic E-state index is 0.0459. The first-order valence-electron chi connectivity index (χ1n) is 9.91. The summed E-state index contributed by atoms with van der Waals surface area (Å²) < 4.78 is 37.4. The summed E-state index contributed by atoms with van der Waals surface area (Å²) in [5.74, 6) is 1.48. The lowest BCUT2D eigenvalue weighted by atomic mass is 9.82. The van der Waals surface area contributed by atoms with Crippen LogP contribution in [0.5, 0.6) is 5.75 Å². The minimum atomic E-state index is -3.20. The summed E-state index contributed by atoms with van der Waals surface area (Å²) >= 11 is 0. The first-order chi connectivity index (χ1) is 12.9. The number of methoxy groups -OCH3 is 1. The molecule has 0 amide bonds. The molecule has 2 N–H and O–H groups in total. The summed E-state index contributed by atoms with van der Waals surface area (Å²) in [4.78, 5) is 0. The third-order valence-electron chi connectivity index (χ3n) is 5.70. The molecule has 3 rings (SSSR count). The summed E-state index contributed by atoms with van der Waals surface area (Å²) in [6, 6.07) is 8.32. The van der Waals surface area contributed by atoms with Crippen LogP contribution >= 0.6 is 0 Å². The van der Waals surface area contributed by atoms with Crippen molar-refractivity contribution >= 4 is 10.0 Å². The lowest BCUT2D eigenvalue weighted by Crippen LogP contribution is -2.55. The van der Waals surface area contributed by atoms with Crippen molar-refractivity contribution in [2.75, 3.05) is 26.5 Å². The Hall–Kier alpha value is -1.15. The van der Waals surface area contributed by atoms with Gasteiger partial charge in [0.05, 0.1) is 26.1 Å². The Labute approximate surface area is 163 Å². The zero-order chi connectivity index (χ0) is 19.3. The van der Waals surface area contributed by atoms with Crippen LogP contribution in [0.15, 0.2) is 24.3 Å². The van der Waals surface area contributed by atoms with Crippen molar-refractivity contribution < 1.29 is 17.9 Å². The van der Waals surface area contributed by atoms with E-state index in [9.17, 15) is 8.42 Å².